The normalized spacial score (nSPS) is 23.1. The summed E-state index contributed by atoms with van der Waals surface area (Å²) in [5, 5.41) is 0. The Bertz CT molecular complexity index is 342. The molecule has 0 radical (unpaired) electrons. The molecule has 0 amide bonds. The molecule has 1 spiro atoms. The molecule has 14 heavy (non-hydrogen) atoms. The summed E-state index contributed by atoms with van der Waals surface area (Å²) in [5.41, 5.74) is 0.149. The Kier molecular flexibility index (Phi) is 1.79. The summed E-state index contributed by atoms with van der Waals surface area (Å²) in [6, 6.07) is 0. The van der Waals surface area contributed by atoms with Gasteiger partial charge in [-0.1, -0.05) is 0 Å². The average molecular weight is 256 g/mol. The molecule has 0 bridgehead atoms. The zero-order chi connectivity index (χ0) is 9.60. The van der Waals surface area contributed by atoms with Crippen molar-refractivity contribution in [3.63, 3.8) is 0 Å². The number of nitrogens with zero attached hydrogens (tertiary/aromatic N) is 3. The second kappa shape index (κ2) is 2.90. The van der Waals surface area contributed by atoms with Gasteiger partial charge in [0.2, 0.25) is 5.95 Å². The monoisotopic (exact) mass is 255 g/mol. The van der Waals surface area contributed by atoms with E-state index >= 15 is 0 Å². The molecule has 2 aliphatic heterocycles. The van der Waals surface area contributed by atoms with Gasteiger partial charge in [0.15, 0.2) is 0 Å². The molecule has 2 aliphatic rings. The highest BCUT2D eigenvalue weighted by Gasteiger charge is 2.49. The van der Waals surface area contributed by atoms with Crippen molar-refractivity contribution in [2.24, 2.45) is 0 Å². The number of rotatable bonds is 1. The summed E-state index contributed by atoms with van der Waals surface area (Å²) >= 11 is 3.31. The first-order valence-electron chi connectivity index (χ1n) is 4.64. The molecule has 5 heteroatoms. The van der Waals surface area contributed by atoms with Gasteiger partial charge in [-0.2, -0.15) is 0 Å². The van der Waals surface area contributed by atoms with Gasteiger partial charge in [-0.25, -0.2) is 9.97 Å². The van der Waals surface area contributed by atoms with E-state index in [-0.39, 0.29) is 5.60 Å². The highest BCUT2D eigenvalue weighted by Crippen LogP contribution is 2.37. The Hall–Kier alpha value is -0.680. The van der Waals surface area contributed by atoms with Crippen LogP contribution in [-0.2, 0) is 4.74 Å². The maximum absolute atomic E-state index is 5.52. The molecule has 2 fully saturated rings. The lowest BCUT2D eigenvalue weighted by Crippen LogP contribution is -2.68. The summed E-state index contributed by atoms with van der Waals surface area (Å²) in [5.74, 6) is 0.800. The molecule has 0 atom stereocenters. The quantitative estimate of drug-likeness (QED) is 0.757. The summed E-state index contributed by atoms with van der Waals surface area (Å²) in [7, 11) is 0. The summed E-state index contributed by atoms with van der Waals surface area (Å²) < 4.78 is 6.44. The van der Waals surface area contributed by atoms with Crippen LogP contribution in [-0.4, -0.2) is 35.3 Å². The summed E-state index contributed by atoms with van der Waals surface area (Å²) in [6.45, 7) is 2.79. The first-order chi connectivity index (χ1) is 6.77. The molecule has 74 valence electrons. The molecule has 0 saturated carbocycles. The zero-order valence-corrected chi connectivity index (χ0v) is 9.20. The lowest BCUT2D eigenvalue weighted by atomic mass is 9.87. The van der Waals surface area contributed by atoms with Crippen molar-refractivity contribution in [1.82, 2.24) is 9.97 Å². The highest BCUT2D eigenvalue weighted by molar-refractivity contribution is 9.10. The van der Waals surface area contributed by atoms with Gasteiger partial charge in [0.25, 0.3) is 0 Å². The lowest BCUT2D eigenvalue weighted by Gasteiger charge is -2.54. The second-order valence-electron chi connectivity index (χ2n) is 3.84. The van der Waals surface area contributed by atoms with Crippen molar-refractivity contribution in [3.05, 3.63) is 16.9 Å². The molecule has 3 rings (SSSR count). The molecule has 1 aromatic rings. The van der Waals surface area contributed by atoms with Crippen LogP contribution in [0, 0.1) is 0 Å². The fraction of sp³-hybridized carbons (Fsp3) is 0.556. The molecule has 0 aromatic carbocycles. The van der Waals surface area contributed by atoms with Gasteiger partial charge in [0.1, 0.15) is 5.60 Å². The van der Waals surface area contributed by atoms with E-state index in [9.17, 15) is 0 Å². The van der Waals surface area contributed by atoms with Gasteiger partial charge in [-0.3, -0.25) is 0 Å². The van der Waals surface area contributed by atoms with Crippen LogP contribution >= 0.6 is 15.9 Å². The predicted molar refractivity (Wildman–Crippen MR) is 55.2 cm³/mol. The van der Waals surface area contributed by atoms with E-state index in [1.54, 1.807) is 12.4 Å². The third-order valence-corrected chi connectivity index (χ3v) is 3.22. The predicted octanol–water partition coefficient (Wildman–Crippen LogP) is 1.22. The Balaban J connectivity index is 1.70. The van der Waals surface area contributed by atoms with Crippen molar-refractivity contribution in [3.8, 4) is 0 Å². The van der Waals surface area contributed by atoms with Crippen LogP contribution in [0.2, 0.25) is 0 Å². The van der Waals surface area contributed by atoms with Crippen LogP contribution in [0.1, 0.15) is 6.42 Å². The minimum atomic E-state index is 0.149. The Labute approximate surface area is 90.4 Å². The van der Waals surface area contributed by atoms with Gasteiger partial charge in [0.05, 0.1) is 24.2 Å². The number of hydrogen-bond acceptors (Lipinski definition) is 4. The molecule has 3 heterocycles. The molecular weight excluding hydrogens is 246 g/mol. The first-order valence-corrected chi connectivity index (χ1v) is 5.43. The van der Waals surface area contributed by atoms with E-state index < -0.39 is 0 Å². The number of aromatic nitrogens is 2. The highest BCUT2D eigenvalue weighted by atomic mass is 79.9. The van der Waals surface area contributed by atoms with Crippen molar-refractivity contribution in [1.29, 1.82) is 0 Å². The van der Waals surface area contributed by atoms with Crippen LogP contribution in [0.15, 0.2) is 16.9 Å². The van der Waals surface area contributed by atoms with Crippen molar-refractivity contribution in [2.45, 2.75) is 12.0 Å². The summed E-state index contributed by atoms with van der Waals surface area (Å²) in [6.07, 6.45) is 4.73. The minimum absolute atomic E-state index is 0.149. The smallest absolute Gasteiger partial charge is 0.225 e. The molecular formula is C9H10BrN3O. The van der Waals surface area contributed by atoms with E-state index in [2.05, 4.69) is 30.8 Å². The SMILES string of the molecule is Brc1cnc(N2CC3(CCO3)C2)nc1. The third-order valence-electron chi connectivity index (χ3n) is 2.81. The molecule has 0 aliphatic carbocycles. The van der Waals surface area contributed by atoms with Crippen molar-refractivity contribution in [2.75, 3.05) is 24.6 Å². The standard InChI is InChI=1S/C9H10BrN3O/c10-7-3-11-8(12-4-7)13-5-9(6-13)1-2-14-9/h3-4H,1-2,5-6H2. The Morgan fingerprint density at radius 2 is 2.00 bits per heavy atom. The topological polar surface area (TPSA) is 38.2 Å². The molecule has 2 saturated heterocycles. The van der Waals surface area contributed by atoms with Gasteiger partial charge < -0.3 is 9.64 Å². The van der Waals surface area contributed by atoms with E-state index in [0.29, 0.717) is 0 Å². The zero-order valence-electron chi connectivity index (χ0n) is 7.61. The van der Waals surface area contributed by atoms with E-state index in [4.69, 9.17) is 4.74 Å². The lowest BCUT2D eigenvalue weighted by molar-refractivity contribution is -0.161. The number of hydrogen-bond donors (Lipinski definition) is 0. The Morgan fingerprint density at radius 3 is 2.50 bits per heavy atom. The van der Waals surface area contributed by atoms with Gasteiger partial charge in [0, 0.05) is 18.8 Å². The Morgan fingerprint density at radius 1 is 1.36 bits per heavy atom. The van der Waals surface area contributed by atoms with Crippen LogP contribution in [0.3, 0.4) is 0 Å². The van der Waals surface area contributed by atoms with Crippen molar-refractivity contribution >= 4 is 21.9 Å². The molecule has 0 unspecified atom stereocenters. The number of ether oxygens (including phenoxy) is 1. The van der Waals surface area contributed by atoms with Gasteiger partial charge in [-0.05, 0) is 15.9 Å². The van der Waals surface area contributed by atoms with E-state index in [1.807, 2.05) is 0 Å². The van der Waals surface area contributed by atoms with E-state index in [0.717, 1.165) is 30.1 Å². The van der Waals surface area contributed by atoms with Crippen LogP contribution in [0.5, 0.6) is 0 Å². The number of halogens is 1. The third kappa shape index (κ3) is 1.23. The molecule has 4 nitrogen and oxygen atoms in total. The molecule has 0 N–H and O–H groups in total. The fourth-order valence-corrected chi connectivity index (χ4v) is 2.10. The van der Waals surface area contributed by atoms with Gasteiger partial charge in [-0.15, -0.1) is 0 Å². The maximum atomic E-state index is 5.52. The fourth-order valence-electron chi connectivity index (χ4n) is 1.90. The maximum Gasteiger partial charge on any atom is 0.225 e. The van der Waals surface area contributed by atoms with Gasteiger partial charge >= 0.3 is 0 Å². The molecule has 1 aromatic heterocycles. The second-order valence-corrected chi connectivity index (χ2v) is 4.75. The minimum Gasteiger partial charge on any atom is -0.371 e. The average Bonchev–Trinajstić information content (AvgIpc) is 2.03. The van der Waals surface area contributed by atoms with Crippen LogP contribution < -0.4 is 4.90 Å². The first kappa shape index (κ1) is 8.61. The number of anilines is 1. The van der Waals surface area contributed by atoms with E-state index in [1.165, 1.54) is 6.42 Å². The summed E-state index contributed by atoms with van der Waals surface area (Å²) in [4.78, 5) is 10.6. The largest absolute Gasteiger partial charge is 0.371 e. The van der Waals surface area contributed by atoms with Crippen LogP contribution in [0.25, 0.3) is 0 Å². The van der Waals surface area contributed by atoms with Crippen molar-refractivity contribution < 1.29 is 4.74 Å². The van der Waals surface area contributed by atoms with Crippen LogP contribution in [0.4, 0.5) is 5.95 Å².